The smallest absolute Gasteiger partial charge is 0.339 e. The highest BCUT2D eigenvalue weighted by atomic mass is 16.6. The van der Waals surface area contributed by atoms with E-state index in [1.54, 1.807) is 25.3 Å². The fraction of sp³-hybridized carbons (Fsp3) is 0.353. The Morgan fingerprint density at radius 2 is 2.13 bits per heavy atom. The number of nitro benzene ring substituents is 1. The standard InChI is InChI=1S/C17H18N2O4/c1-2-23-17(20)15-10-18-16(14-5-3-4-13(14)15)11-6-8-12(9-7-11)19(21)22/h4,6-10,14,16,18H,2-3,5H2,1H3. The molecular weight excluding hydrogens is 296 g/mol. The first-order valence-corrected chi connectivity index (χ1v) is 7.70. The SMILES string of the molecule is CCOC(=O)C1=CNC(c2ccc([N+](=O)[O-])cc2)C2CCC=C12. The fourth-order valence-electron chi connectivity index (χ4n) is 3.27. The van der Waals surface area contributed by atoms with Crippen LogP contribution in [0, 0.1) is 16.0 Å². The van der Waals surface area contributed by atoms with E-state index in [0.29, 0.717) is 12.2 Å². The summed E-state index contributed by atoms with van der Waals surface area (Å²) in [5.41, 5.74) is 2.67. The molecule has 3 rings (SSSR count). The van der Waals surface area contributed by atoms with Crippen molar-refractivity contribution in [3.8, 4) is 0 Å². The van der Waals surface area contributed by atoms with Crippen molar-refractivity contribution in [3.05, 3.63) is 63.4 Å². The van der Waals surface area contributed by atoms with Gasteiger partial charge in [-0.15, -0.1) is 0 Å². The van der Waals surface area contributed by atoms with Crippen LogP contribution in [-0.2, 0) is 9.53 Å². The summed E-state index contributed by atoms with van der Waals surface area (Å²) in [6, 6.07) is 6.59. The third-order valence-electron chi connectivity index (χ3n) is 4.32. The highest BCUT2D eigenvalue weighted by molar-refractivity contribution is 5.94. The van der Waals surface area contributed by atoms with E-state index in [2.05, 4.69) is 11.4 Å². The molecular formula is C17H18N2O4. The average Bonchev–Trinajstić information content (AvgIpc) is 3.03. The maximum absolute atomic E-state index is 12.1. The zero-order chi connectivity index (χ0) is 16.4. The minimum absolute atomic E-state index is 0.0164. The van der Waals surface area contributed by atoms with Crippen LogP contribution in [0.1, 0.15) is 31.4 Å². The molecule has 0 aromatic heterocycles. The number of carbonyl (C=O) groups excluding carboxylic acids is 1. The predicted octanol–water partition coefficient (Wildman–Crippen LogP) is 3.02. The van der Waals surface area contributed by atoms with Gasteiger partial charge < -0.3 is 10.1 Å². The van der Waals surface area contributed by atoms with E-state index in [4.69, 9.17) is 4.74 Å². The van der Waals surface area contributed by atoms with Gasteiger partial charge in [0.1, 0.15) is 0 Å². The number of ether oxygens (including phenoxy) is 1. The Morgan fingerprint density at radius 3 is 2.78 bits per heavy atom. The van der Waals surface area contributed by atoms with Crippen molar-refractivity contribution in [2.75, 3.05) is 6.61 Å². The molecule has 2 aliphatic rings. The van der Waals surface area contributed by atoms with Gasteiger partial charge in [-0.05, 0) is 30.9 Å². The molecule has 23 heavy (non-hydrogen) atoms. The van der Waals surface area contributed by atoms with Gasteiger partial charge in [0.2, 0.25) is 0 Å². The summed E-state index contributed by atoms with van der Waals surface area (Å²) in [4.78, 5) is 22.4. The van der Waals surface area contributed by atoms with E-state index in [9.17, 15) is 14.9 Å². The number of allylic oxidation sites excluding steroid dienone is 1. The molecule has 0 bridgehead atoms. The molecule has 0 radical (unpaired) electrons. The number of fused-ring (bicyclic) bond motifs is 1. The monoisotopic (exact) mass is 314 g/mol. The van der Waals surface area contributed by atoms with Crippen LogP contribution in [0.15, 0.2) is 47.7 Å². The lowest BCUT2D eigenvalue weighted by Gasteiger charge is -2.32. The van der Waals surface area contributed by atoms with E-state index in [1.807, 2.05) is 0 Å². The number of hydrogen-bond donors (Lipinski definition) is 1. The Morgan fingerprint density at radius 1 is 1.39 bits per heavy atom. The lowest BCUT2D eigenvalue weighted by atomic mass is 9.82. The van der Waals surface area contributed by atoms with E-state index in [1.165, 1.54) is 12.1 Å². The van der Waals surface area contributed by atoms with Crippen LogP contribution in [0.2, 0.25) is 0 Å². The molecule has 0 fully saturated rings. The number of non-ortho nitro benzene ring substituents is 1. The number of esters is 1. The Hall–Kier alpha value is -2.63. The first kappa shape index (κ1) is 15.3. The van der Waals surface area contributed by atoms with Crippen LogP contribution in [-0.4, -0.2) is 17.5 Å². The van der Waals surface area contributed by atoms with Crippen molar-refractivity contribution in [1.29, 1.82) is 0 Å². The summed E-state index contributed by atoms with van der Waals surface area (Å²) in [6.07, 6.45) is 5.66. The van der Waals surface area contributed by atoms with Crippen LogP contribution >= 0.6 is 0 Å². The van der Waals surface area contributed by atoms with Gasteiger partial charge in [0.15, 0.2) is 0 Å². The zero-order valence-electron chi connectivity index (χ0n) is 12.8. The Balaban J connectivity index is 1.87. The third kappa shape index (κ3) is 2.84. The maximum atomic E-state index is 12.1. The zero-order valence-corrected chi connectivity index (χ0v) is 12.8. The van der Waals surface area contributed by atoms with Gasteiger partial charge in [-0.2, -0.15) is 0 Å². The van der Waals surface area contributed by atoms with E-state index >= 15 is 0 Å². The van der Waals surface area contributed by atoms with Crippen LogP contribution in [0.5, 0.6) is 0 Å². The first-order chi connectivity index (χ1) is 11.1. The largest absolute Gasteiger partial charge is 0.462 e. The number of rotatable bonds is 4. The highest BCUT2D eigenvalue weighted by Gasteiger charge is 2.36. The van der Waals surface area contributed by atoms with Crippen molar-refractivity contribution < 1.29 is 14.5 Å². The molecule has 0 saturated heterocycles. The molecule has 0 saturated carbocycles. The first-order valence-electron chi connectivity index (χ1n) is 7.70. The van der Waals surface area contributed by atoms with Gasteiger partial charge in [-0.3, -0.25) is 10.1 Å². The molecule has 1 aliphatic carbocycles. The number of nitrogens with zero attached hydrogens (tertiary/aromatic N) is 1. The van der Waals surface area contributed by atoms with E-state index in [-0.39, 0.29) is 23.6 Å². The van der Waals surface area contributed by atoms with Gasteiger partial charge in [-0.1, -0.05) is 18.2 Å². The van der Waals surface area contributed by atoms with E-state index in [0.717, 1.165) is 24.0 Å². The van der Waals surface area contributed by atoms with Gasteiger partial charge in [0.05, 0.1) is 23.1 Å². The summed E-state index contributed by atoms with van der Waals surface area (Å²) in [6.45, 7) is 2.13. The Kier molecular flexibility index (Phi) is 4.14. The average molecular weight is 314 g/mol. The second-order valence-corrected chi connectivity index (χ2v) is 5.61. The molecule has 0 spiro atoms. The van der Waals surface area contributed by atoms with Crippen molar-refractivity contribution in [2.24, 2.45) is 5.92 Å². The second kappa shape index (κ2) is 6.24. The Labute approximate surface area is 134 Å². The van der Waals surface area contributed by atoms with Gasteiger partial charge in [-0.25, -0.2) is 4.79 Å². The normalized spacial score (nSPS) is 22.5. The lowest BCUT2D eigenvalue weighted by molar-refractivity contribution is -0.384. The third-order valence-corrected chi connectivity index (χ3v) is 4.32. The quantitative estimate of drug-likeness (QED) is 0.525. The maximum Gasteiger partial charge on any atom is 0.339 e. The summed E-state index contributed by atoms with van der Waals surface area (Å²) in [5.74, 6) is -0.124. The van der Waals surface area contributed by atoms with Gasteiger partial charge in [0.25, 0.3) is 5.69 Å². The summed E-state index contributed by atoms with van der Waals surface area (Å²) >= 11 is 0. The number of hydrogen-bond acceptors (Lipinski definition) is 5. The summed E-state index contributed by atoms with van der Waals surface area (Å²) in [7, 11) is 0. The number of benzene rings is 1. The molecule has 1 aromatic rings. The van der Waals surface area contributed by atoms with Crippen molar-refractivity contribution in [2.45, 2.75) is 25.8 Å². The summed E-state index contributed by atoms with van der Waals surface area (Å²) in [5, 5.41) is 14.0. The van der Waals surface area contributed by atoms with Crippen molar-refractivity contribution >= 4 is 11.7 Å². The highest BCUT2D eigenvalue weighted by Crippen LogP contribution is 2.43. The van der Waals surface area contributed by atoms with E-state index < -0.39 is 4.92 Å². The van der Waals surface area contributed by atoms with Crippen LogP contribution in [0.4, 0.5) is 5.69 Å². The minimum Gasteiger partial charge on any atom is -0.462 e. The molecule has 120 valence electrons. The predicted molar refractivity (Wildman–Crippen MR) is 84.5 cm³/mol. The topological polar surface area (TPSA) is 81.5 Å². The van der Waals surface area contributed by atoms with Crippen molar-refractivity contribution in [3.63, 3.8) is 0 Å². The summed E-state index contributed by atoms with van der Waals surface area (Å²) < 4.78 is 5.11. The van der Waals surface area contributed by atoms with Crippen LogP contribution in [0.3, 0.4) is 0 Å². The van der Waals surface area contributed by atoms with Crippen LogP contribution in [0.25, 0.3) is 0 Å². The molecule has 6 heteroatoms. The molecule has 1 aromatic carbocycles. The minimum atomic E-state index is -0.405. The molecule has 2 atom stereocenters. The fourth-order valence-corrected chi connectivity index (χ4v) is 3.27. The Bertz CT molecular complexity index is 691. The van der Waals surface area contributed by atoms with Crippen molar-refractivity contribution in [1.82, 2.24) is 5.32 Å². The van der Waals surface area contributed by atoms with Gasteiger partial charge >= 0.3 is 5.97 Å². The molecule has 1 heterocycles. The lowest BCUT2D eigenvalue weighted by Crippen LogP contribution is -2.32. The number of nitrogens with one attached hydrogen (secondary N) is 1. The van der Waals surface area contributed by atoms with Gasteiger partial charge in [0, 0.05) is 24.3 Å². The molecule has 0 amide bonds. The molecule has 2 unspecified atom stereocenters. The van der Waals surface area contributed by atoms with Crippen LogP contribution < -0.4 is 5.32 Å². The molecule has 1 aliphatic heterocycles. The number of nitro groups is 1. The molecule has 1 N–H and O–H groups in total. The molecule has 6 nitrogen and oxygen atoms in total. The second-order valence-electron chi connectivity index (χ2n) is 5.61. The number of carbonyl (C=O) groups is 1.